The monoisotopic (exact) mass is 713 g/mol. The molecule has 0 aromatic heterocycles. The van der Waals surface area contributed by atoms with E-state index in [1.807, 2.05) is 12.1 Å². The van der Waals surface area contributed by atoms with Crippen LogP contribution in [-0.4, -0.2) is 13.2 Å². The third-order valence-corrected chi connectivity index (χ3v) is 11.1. The van der Waals surface area contributed by atoms with Crippen LogP contribution in [-0.2, 0) is 5.41 Å². The number of rotatable bonds is 17. The predicted octanol–water partition coefficient (Wildman–Crippen LogP) is 13.7. The Kier molecular flexibility index (Phi) is 11.7. The summed E-state index contributed by atoms with van der Waals surface area (Å²) < 4.78 is 13.0. The SMILES string of the molecule is [C-]#[N+]c1ccc2c(c1)C1(c3cc(C#N)ccc3-2)c2ccccc2N(c2cc(OCCCCCCCC)cc(OCCCCCCCC)c2)c2ccccc21. The highest BCUT2D eigenvalue weighted by Gasteiger charge is 2.51. The van der Waals surface area contributed by atoms with Crippen LogP contribution in [0.25, 0.3) is 16.0 Å². The van der Waals surface area contributed by atoms with Crippen LogP contribution >= 0.6 is 0 Å². The first-order chi connectivity index (χ1) is 26.6. The van der Waals surface area contributed by atoms with Crippen LogP contribution in [0, 0.1) is 17.9 Å². The van der Waals surface area contributed by atoms with Crippen molar-refractivity contribution in [3.8, 4) is 28.7 Å². The molecule has 7 rings (SSSR count). The fraction of sp³-hybridized carbons (Fsp3) is 0.347. The van der Waals surface area contributed by atoms with Crippen molar-refractivity contribution in [1.82, 2.24) is 0 Å². The van der Waals surface area contributed by atoms with Crippen molar-refractivity contribution in [2.24, 2.45) is 0 Å². The number of hydrogen-bond donors (Lipinski definition) is 0. The first kappa shape index (κ1) is 36.8. The fourth-order valence-electron chi connectivity index (χ4n) is 8.55. The Morgan fingerprint density at radius 3 is 1.67 bits per heavy atom. The number of hydrogen-bond acceptors (Lipinski definition) is 4. The second-order valence-electron chi connectivity index (χ2n) is 14.7. The van der Waals surface area contributed by atoms with Gasteiger partial charge in [-0.05, 0) is 70.5 Å². The molecule has 1 aliphatic carbocycles. The van der Waals surface area contributed by atoms with E-state index in [0.29, 0.717) is 24.5 Å². The van der Waals surface area contributed by atoms with Gasteiger partial charge in [0.05, 0.1) is 53.9 Å². The van der Waals surface area contributed by atoms with E-state index in [4.69, 9.17) is 16.0 Å². The van der Waals surface area contributed by atoms with Gasteiger partial charge in [0.15, 0.2) is 5.69 Å². The molecule has 5 aromatic carbocycles. The number of benzene rings is 5. The highest BCUT2D eigenvalue weighted by atomic mass is 16.5. The summed E-state index contributed by atoms with van der Waals surface area (Å²) in [6.07, 6.45) is 14.5. The Bertz CT molecular complexity index is 2020. The van der Waals surface area contributed by atoms with Crippen molar-refractivity contribution < 1.29 is 9.47 Å². The minimum Gasteiger partial charge on any atom is -0.493 e. The number of anilines is 3. The van der Waals surface area contributed by atoms with E-state index in [0.717, 1.165) is 74.8 Å². The van der Waals surface area contributed by atoms with E-state index in [9.17, 15) is 5.26 Å². The molecule has 5 heteroatoms. The Balaban J connectivity index is 1.33. The number of nitrogens with zero attached hydrogens (tertiary/aromatic N) is 3. The van der Waals surface area contributed by atoms with Gasteiger partial charge in [0, 0.05) is 18.2 Å². The zero-order chi connectivity index (χ0) is 37.3. The summed E-state index contributed by atoms with van der Waals surface area (Å²) in [6.45, 7) is 13.8. The second-order valence-corrected chi connectivity index (χ2v) is 14.7. The molecule has 0 atom stereocenters. The van der Waals surface area contributed by atoms with Crippen LogP contribution in [0.15, 0.2) is 103 Å². The van der Waals surface area contributed by atoms with Crippen LogP contribution in [0.4, 0.5) is 22.7 Å². The van der Waals surface area contributed by atoms with Crippen molar-refractivity contribution >= 4 is 22.7 Å². The molecule has 0 saturated carbocycles. The first-order valence-corrected chi connectivity index (χ1v) is 20.1. The topological polar surface area (TPSA) is 49.9 Å². The van der Waals surface area contributed by atoms with Gasteiger partial charge in [-0.2, -0.15) is 5.26 Å². The summed E-state index contributed by atoms with van der Waals surface area (Å²) in [5, 5.41) is 10.1. The molecular formula is C49H51N3O2. The molecule has 5 aromatic rings. The standard InChI is InChI=1S/C49H51N3O2/c1-4-6-8-10-12-18-28-53-39-32-38(33-40(34-39)54-29-19-13-11-9-7-5-2)52-47-22-16-14-20-43(47)49(44-21-15-17-23-48(44)52)45-30-36(35-50)24-26-41(45)42-27-25-37(51-3)31-46(42)49/h14-17,20-27,30-34H,4-13,18-19,28-29H2,1-2H3. The zero-order valence-corrected chi connectivity index (χ0v) is 31.9. The Labute approximate surface area is 322 Å². The van der Waals surface area contributed by atoms with E-state index >= 15 is 0 Å². The summed E-state index contributed by atoms with van der Waals surface area (Å²) in [5.74, 6) is 1.62. The zero-order valence-electron chi connectivity index (χ0n) is 31.9. The Morgan fingerprint density at radius 2 is 1.11 bits per heavy atom. The molecule has 1 spiro atoms. The molecule has 2 aliphatic rings. The van der Waals surface area contributed by atoms with E-state index in [1.165, 1.54) is 64.2 Å². The average Bonchev–Trinajstić information content (AvgIpc) is 3.49. The number of ether oxygens (including phenoxy) is 2. The third-order valence-electron chi connectivity index (χ3n) is 11.1. The third kappa shape index (κ3) is 7.09. The molecule has 5 nitrogen and oxygen atoms in total. The summed E-state index contributed by atoms with van der Waals surface area (Å²) >= 11 is 0. The molecule has 1 heterocycles. The van der Waals surface area contributed by atoms with Gasteiger partial charge < -0.3 is 14.4 Å². The lowest BCUT2D eigenvalue weighted by atomic mass is 9.64. The highest BCUT2D eigenvalue weighted by Crippen LogP contribution is 2.64. The molecule has 0 unspecified atom stereocenters. The summed E-state index contributed by atoms with van der Waals surface area (Å²) in [6, 6.07) is 38.1. The van der Waals surface area contributed by atoms with Crippen molar-refractivity contribution in [1.29, 1.82) is 5.26 Å². The molecule has 0 saturated heterocycles. The molecule has 1 aliphatic heterocycles. The van der Waals surface area contributed by atoms with Crippen LogP contribution in [0.1, 0.15) is 119 Å². The number of para-hydroxylation sites is 2. The number of nitriles is 1. The van der Waals surface area contributed by atoms with Gasteiger partial charge in [-0.1, -0.05) is 139 Å². The maximum absolute atomic E-state index is 10.1. The van der Waals surface area contributed by atoms with Gasteiger partial charge in [0.25, 0.3) is 0 Å². The van der Waals surface area contributed by atoms with Crippen LogP contribution < -0.4 is 14.4 Å². The quantitative estimate of drug-likeness (QED) is 0.0696. The molecular weight excluding hydrogens is 663 g/mol. The first-order valence-electron chi connectivity index (χ1n) is 20.1. The predicted molar refractivity (Wildman–Crippen MR) is 221 cm³/mol. The summed E-state index contributed by atoms with van der Waals surface area (Å²) in [4.78, 5) is 6.22. The van der Waals surface area contributed by atoms with Crippen molar-refractivity contribution in [2.75, 3.05) is 18.1 Å². The van der Waals surface area contributed by atoms with E-state index in [2.05, 4.69) is 121 Å². The maximum Gasteiger partial charge on any atom is 0.187 e. The smallest absolute Gasteiger partial charge is 0.187 e. The van der Waals surface area contributed by atoms with Crippen molar-refractivity contribution in [3.63, 3.8) is 0 Å². The van der Waals surface area contributed by atoms with Gasteiger partial charge in [-0.15, -0.1) is 0 Å². The molecule has 54 heavy (non-hydrogen) atoms. The minimum atomic E-state index is -0.731. The fourth-order valence-corrected chi connectivity index (χ4v) is 8.55. The van der Waals surface area contributed by atoms with Crippen molar-refractivity contribution in [2.45, 2.75) is 96.3 Å². The van der Waals surface area contributed by atoms with Crippen LogP contribution in [0.5, 0.6) is 11.5 Å². The molecule has 0 fully saturated rings. The highest BCUT2D eigenvalue weighted by molar-refractivity contribution is 5.96. The van der Waals surface area contributed by atoms with Gasteiger partial charge in [0.2, 0.25) is 0 Å². The van der Waals surface area contributed by atoms with E-state index in [1.54, 1.807) is 0 Å². The molecule has 0 amide bonds. The molecule has 274 valence electrons. The van der Waals surface area contributed by atoms with E-state index in [-0.39, 0.29) is 0 Å². The van der Waals surface area contributed by atoms with Gasteiger partial charge in [-0.25, -0.2) is 4.85 Å². The van der Waals surface area contributed by atoms with E-state index < -0.39 is 5.41 Å². The normalized spacial score (nSPS) is 13.0. The number of fused-ring (bicyclic) bond motifs is 9. The van der Waals surface area contributed by atoms with Gasteiger partial charge in [0.1, 0.15) is 11.5 Å². The molecule has 0 N–H and O–H groups in total. The lowest BCUT2D eigenvalue weighted by Crippen LogP contribution is -2.36. The number of unbranched alkanes of at least 4 members (excludes halogenated alkanes) is 10. The molecule has 0 bridgehead atoms. The van der Waals surface area contributed by atoms with Crippen LogP contribution in [0.2, 0.25) is 0 Å². The largest absolute Gasteiger partial charge is 0.493 e. The second kappa shape index (κ2) is 17.1. The Morgan fingerprint density at radius 1 is 0.593 bits per heavy atom. The summed E-state index contributed by atoms with van der Waals surface area (Å²) in [7, 11) is 0. The van der Waals surface area contributed by atoms with Gasteiger partial charge >= 0.3 is 0 Å². The maximum atomic E-state index is 10.1. The summed E-state index contributed by atoms with van der Waals surface area (Å²) in [5.41, 5.74) is 10.1. The minimum absolute atomic E-state index is 0.598. The van der Waals surface area contributed by atoms with Gasteiger partial charge in [-0.3, -0.25) is 0 Å². The van der Waals surface area contributed by atoms with Crippen LogP contribution in [0.3, 0.4) is 0 Å². The molecule has 0 radical (unpaired) electrons. The lowest BCUT2D eigenvalue weighted by Gasteiger charge is -2.45. The Hall–Kier alpha value is -5.52. The average molecular weight is 714 g/mol. The lowest BCUT2D eigenvalue weighted by molar-refractivity contribution is 0.290. The van der Waals surface area contributed by atoms with Crippen molar-refractivity contribution in [3.05, 3.63) is 142 Å².